The molecule has 5 rings (SSSR count). The molecule has 6 nitrogen and oxygen atoms in total. The number of hydrogen-bond acceptors (Lipinski definition) is 6. The average Bonchev–Trinajstić information content (AvgIpc) is 3.39. The Bertz CT molecular complexity index is 1110. The summed E-state index contributed by atoms with van der Waals surface area (Å²) in [7, 11) is 0. The van der Waals surface area contributed by atoms with Crippen molar-refractivity contribution in [3.05, 3.63) is 58.9 Å². The third-order valence-corrected chi connectivity index (χ3v) is 6.44. The molecule has 1 aliphatic rings. The fourth-order valence-electron chi connectivity index (χ4n) is 4.24. The second-order valence-corrected chi connectivity index (χ2v) is 8.45. The van der Waals surface area contributed by atoms with Gasteiger partial charge in [-0.25, -0.2) is 9.50 Å². The van der Waals surface area contributed by atoms with Crippen molar-refractivity contribution < 1.29 is 0 Å². The summed E-state index contributed by atoms with van der Waals surface area (Å²) in [6.45, 7) is 0. The van der Waals surface area contributed by atoms with Crippen molar-refractivity contribution in [3.63, 3.8) is 0 Å². The minimum absolute atomic E-state index is 0.284. The number of nitrogens with two attached hydrogens (primary N) is 2. The van der Waals surface area contributed by atoms with E-state index < -0.39 is 0 Å². The van der Waals surface area contributed by atoms with Gasteiger partial charge in [0.05, 0.1) is 17.6 Å². The van der Waals surface area contributed by atoms with E-state index in [1.807, 2.05) is 28.9 Å². The number of aromatic nitrogens is 3. The number of nitrogens with one attached hydrogen (secondary N) is 1. The number of imidazole rings is 1. The SMILES string of the molecule is Nc1nn2c(-c3ccsc3)cnc2c(Nc2ccccc2)c1C1CCC(N)CC1. The lowest BCUT2D eigenvalue weighted by atomic mass is 9.81. The molecule has 1 aromatic carbocycles. The van der Waals surface area contributed by atoms with Crippen LogP contribution in [0, 0.1) is 0 Å². The lowest BCUT2D eigenvalue weighted by Crippen LogP contribution is -2.26. The zero-order valence-electron chi connectivity index (χ0n) is 16.1. The fraction of sp³-hybridized carbons (Fsp3) is 0.273. The predicted octanol–water partition coefficient (Wildman–Crippen LogP) is 4.77. The van der Waals surface area contributed by atoms with E-state index in [4.69, 9.17) is 21.5 Å². The molecule has 0 bridgehead atoms. The third-order valence-electron chi connectivity index (χ3n) is 5.75. The quantitative estimate of drug-likeness (QED) is 0.455. The van der Waals surface area contributed by atoms with Gasteiger partial charge in [0.2, 0.25) is 0 Å². The molecule has 7 heteroatoms. The van der Waals surface area contributed by atoms with Crippen LogP contribution >= 0.6 is 11.3 Å². The van der Waals surface area contributed by atoms with Gasteiger partial charge < -0.3 is 16.8 Å². The molecule has 0 saturated heterocycles. The first-order valence-electron chi connectivity index (χ1n) is 9.98. The van der Waals surface area contributed by atoms with Crippen molar-refractivity contribution >= 4 is 34.2 Å². The maximum absolute atomic E-state index is 6.56. The molecule has 0 amide bonds. The van der Waals surface area contributed by atoms with E-state index in [1.165, 1.54) is 0 Å². The summed E-state index contributed by atoms with van der Waals surface area (Å²) in [5, 5.41) is 12.5. The zero-order valence-corrected chi connectivity index (χ0v) is 16.9. The standard InChI is InChI=1S/C22H24N6S/c23-16-8-6-14(7-9-16)19-20(26-17-4-2-1-3-5-17)22-25-12-18(15-10-11-29-13-15)28(22)27-21(19)24/h1-5,10-14,16,26H,6-9,23H2,(H2,24,27). The molecule has 0 unspecified atom stereocenters. The van der Waals surface area contributed by atoms with Gasteiger partial charge in [-0.05, 0) is 55.2 Å². The minimum Gasteiger partial charge on any atom is -0.382 e. The molecule has 29 heavy (non-hydrogen) atoms. The highest BCUT2D eigenvalue weighted by Gasteiger charge is 2.28. The van der Waals surface area contributed by atoms with E-state index >= 15 is 0 Å². The number of anilines is 3. The highest BCUT2D eigenvalue weighted by atomic mass is 32.1. The Hall–Kier alpha value is -2.90. The maximum Gasteiger partial charge on any atom is 0.178 e. The lowest BCUT2D eigenvalue weighted by molar-refractivity contribution is 0.396. The first-order chi connectivity index (χ1) is 14.2. The van der Waals surface area contributed by atoms with Gasteiger partial charge in [-0.15, -0.1) is 5.10 Å². The highest BCUT2D eigenvalue weighted by Crippen LogP contribution is 2.42. The van der Waals surface area contributed by atoms with Crippen molar-refractivity contribution in [1.29, 1.82) is 0 Å². The minimum atomic E-state index is 0.284. The number of rotatable bonds is 4. The van der Waals surface area contributed by atoms with E-state index in [0.717, 1.165) is 59.5 Å². The van der Waals surface area contributed by atoms with Crippen LogP contribution in [0.2, 0.25) is 0 Å². The molecule has 1 aliphatic carbocycles. The monoisotopic (exact) mass is 404 g/mol. The normalized spacial score (nSPS) is 19.5. The van der Waals surface area contributed by atoms with E-state index in [0.29, 0.717) is 11.7 Å². The largest absolute Gasteiger partial charge is 0.382 e. The van der Waals surface area contributed by atoms with Gasteiger partial charge in [0.1, 0.15) is 5.82 Å². The van der Waals surface area contributed by atoms with Gasteiger partial charge in [0, 0.05) is 28.2 Å². The Kier molecular flexibility index (Phi) is 4.69. The van der Waals surface area contributed by atoms with E-state index in [2.05, 4.69) is 34.3 Å². The van der Waals surface area contributed by atoms with Gasteiger partial charge in [-0.1, -0.05) is 18.2 Å². The molecule has 148 valence electrons. The van der Waals surface area contributed by atoms with Crippen molar-refractivity contribution in [1.82, 2.24) is 14.6 Å². The first-order valence-corrected chi connectivity index (χ1v) is 10.9. The van der Waals surface area contributed by atoms with Crippen molar-refractivity contribution in [2.75, 3.05) is 11.1 Å². The van der Waals surface area contributed by atoms with Crippen molar-refractivity contribution in [2.45, 2.75) is 37.6 Å². The zero-order chi connectivity index (χ0) is 19.8. The Morgan fingerprint density at radius 1 is 1.07 bits per heavy atom. The van der Waals surface area contributed by atoms with Crippen LogP contribution < -0.4 is 16.8 Å². The van der Waals surface area contributed by atoms with Gasteiger partial charge in [-0.2, -0.15) is 11.3 Å². The summed E-state index contributed by atoms with van der Waals surface area (Å²) in [6.07, 6.45) is 5.93. The highest BCUT2D eigenvalue weighted by molar-refractivity contribution is 7.08. The van der Waals surface area contributed by atoms with Crippen LogP contribution in [0.1, 0.15) is 37.2 Å². The Labute approximate surface area is 173 Å². The number of benzene rings is 1. The first kappa shape index (κ1) is 18.1. The van der Waals surface area contributed by atoms with Crippen LogP contribution in [0.25, 0.3) is 16.9 Å². The molecule has 0 spiro atoms. The lowest BCUT2D eigenvalue weighted by Gasteiger charge is -2.29. The molecule has 5 N–H and O–H groups in total. The van der Waals surface area contributed by atoms with Crippen molar-refractivity contribution in [2.24, 2.45) is 5.73 Å². The summed E-state index contributed by atoms with van der Waals surface area (Å²) >= 11 is 1.66. The van der Waals surface area contributed by atoms with Crippen LogP contribution in [-0.2, 0) is 0 Å². The fourth-order valence-corrected chi connectivity index (χ4v) is 4.89. The van der Waals surface area contributed by atoms with Gasteiger partial charge in [0.25, 0.3) is 0 Å². The van der Waals surface area contributed by atoms with Crippen LogP contribution in [0.5, 0.6) is 0 Å². The second-order valence-electron chi connectivity index (χ2n) is 7.67. The van der Waals surface area contributed by atoms with Gasteiger partial charge >= 0.3 is 0 Å². The number of nitrogen functional groups attached to an aromatic ring is 1. The molecule has 0 aliphatic heterocycles. The molecule has 4 aromatic rings. The molecule has 0 atom stereocenters. The summed E-state index contributed by atoms with van der Waals surface area (Å²) in [6, 6.07) is 12.5. The number of thiophene rings is 1. The smallest absolute Gasteiger partial charge is 0.178 e. The van der Waals surface area contributed by atoms with Crippen LogP contribution in [0.3, 0.4) is 0 Å². The summed E-state index contributed by atoms with van der Waals surface area (Å²) in [4.78, 5) is 4.74. The molecule has 0 radical (unpaired) electrons. The maximum atomic E-state index is 6.56. The van der Waals surface area contributed by atoms with E-state index in [1.54, 1.807) is 11.3 Å². The summed E-state index contributed by atoms with van der Waals surface area (Å²) < 4.78 is 1.86. The number of hydrogen-bond donors (Lipinski definition) is 3. The molecular formula is C22H24N6S. The van der Waals surface area contributed by atoms with Gasteiger partial charge in [-0.3, -0.25) is 0 Å². The van der Waals surface area contributed by atoms with E-state index in [-0.39, 0.29) is 6.04 Å². The van der Waals surface area contributed by atoms with Gasteiger partial charge in [0.15, 0.2) is 5.65 Å². The topological polar surface area (TPSA) is 94.3 Å². The average molecular weight is 405 g/mol. The molecular weight excluding hydrogens is 380 g/mol. The summed E-state index contributed by atoms with van der Waals surface area (Å²) in [5.74, 6) is 0.894. The van der Waals surface area contributed by atoms with Crippen LogP contribution in [0.4, 0.5) is 17.2 Å². The Balaban J connectivity index is 1.68. The van der Waals surface area contributed by atoms with Crippen LogP contribution in [0.15, 0.2) is 53.4 Å². The van der Waals surface area contributed by atoms with E-state index in [9.17, 15) is 0 Å². The molecule has 1 fully saturated rings. The molecule has 1 saturated carbocycles. The Morgan fingerprint density at radius 2 is 1.86 bits per heavy atom. The predicted molar refractivity (Wildman–Crippen MR) is 120 cm³/mol. The van der Waals surface area contributed by atoms with Crippen LogP contribution in [-0.4, -0.2) is 20.6 Å². The third kappa shape index (κ3) is 3.36. The molecule has 3 heterocycles. The number of nitrogens with zero attached hydrogens (tertiary/aromatic N) is 3. The Morgan fingerprint density at radius 3 is 2.59 bits per heavy atom. The van der Waals surface area contributed by atoms with Crippen molar-refractivity contribution in [3.8, 4) is 11.3 Å². The second kappa shape index (κ2) is 7.50. The summed E-state index contributed by atoms with van der Waals surface area (Å²) in [5.41, 5.74) is 18.6. The molecule has 3 aromatic heterocycles. The number of para-hydroxylation sites is 1. The number of fused-ring (bicyclic) bond motifs is 1.